The second-order valence-corrected chi connectivity index (χ2v) is 5.27. The Hall–Kier alpha value is -2.59. The summed E-state index contributed by atoms with van der Waals surface area (Å²) < 4.78 is 10.4. The first-order valence-corrected chi connectivity index (χ1v) is 7.56. The van der Waals surface area contributed by atoms with E-state index in [1.807, 2.05) is 42.5 Å². The number of hydrogen-bond acceptors (Lipinski definition) is 4. The normalized spacial score (nSPS) is 10.5. The van der Waals surface area contributed by atoms with E-state index >= 15 is 0 Å². The molecule has 0 aliphatic carbocycles. The monoisotopic (exact) mass is 327 g/mol. The van der Waals surface area contributed by atoms with Crippen LogP contribution in [0, 0.1) is 0 Å². The molecule has 0 radical (unpaired) electrons. The van der Waals surface area contributed by atoms with Gasteiger partial charge in [0.2, 0.25) is 0 Å². The first-order valence-electron chi connectivity index (χ1n) is 7.19. The predicted octanol–water partition coefficient (Wildman–Crippen LogP) is 4.84. The number of ether oxygens (including phenoxy) is 1. The zero-order valence-corrected chi connectivity index (χ0v) is 13.2. The Morgan fingerprint density at radius 1 is 1.13 bits per heavy atom. The second-order valence-electron chi connectivity index (χ2n) is 4.83. The third kappa shape index (κ3) is 3.12. The molecule has 5 heteroatoms. The molecule has 2 aromatic carbocycles. The Bertz CT molecular complexity index is 827. The number of benzene rings is 2. The van der Waals surface area contributed by atoms with Crippen LogP contribution in [0.4, 0.5) is 0 Å². The molecular formula is C18H14ClNO3. The molecule has 0 bridgehead atoms. The molecule has 0 saturated carbocycles. The quantitative estimate of drug-likeness (QED) is 0.643. The van der Waals surface area contributed by atoms with Crippen molar-refractivity contribution in [2.24, 2.45) is 0 Å². The summed E-state index contributed by atoms with van der Waals surface area (Å²) in [6.45, 7) is 2.01. The largest absolute Gasteiger partial charge is 0.460 e. The Balaban J connectivity index is 2.19. The van der Waals surface area contributed by atoms with E-state index in [4.69, 9.17) is 20.9 Å². The van der Waals surface area contributed by atoms with Crippen LogP contribution in [0.25, 0.3) is 22.4 Å². The van der Waals surface area contributed by atoms with Crippen molar-refractivity contribution in [1.82, 2.24) is 5.16 Å². The van der Waals surface area contributed by atoms with Gasteiger partial charge >= 0.3 is 5.97 Å². The number of rotatable bonds is 4. The molecular weight excluding hydrogens is 314 g/mol. The van der Waals surface area contributed by atoms with E-state index in [-0.39, 0.29) is 12.4 Å². The van der Waals surface area contributed by atoms with Crippen LogP contribution in [-0.2, 0) is 4.74 Å². The van der Waals surface area contributed by atoms with E-state index in [1.165, 1.54) is 0 Å². The summed E-state index contributed by atoms with van der Waals surface area (Å²) in [5, 5.41) is 4.66. The van der Waals surface area contributed by atoms with Crippen molar-refractivity contribution in [1.29, 1.82) is 0 Å². The maximum Gasteiger partial charge on any atom is 0.377 e. The fraction of sp³-hybridized carbons (Fsp3) is 0.111. The van der Waals surface area contributed by atoms with Gasteiger partial charge in [-0.25, -0.2) is 4.79 Å². The standard InChI is InChI=1S/C18H14ClNO3/c1-2-22-18(21)17-15(12-7-4-3-5-8-12)16(20-23-17)13-9-6-10-14(19)11-13/h3-11H,2H2,1H3. The van der Waals surface area contributed by atoms with Crippen LogP contribution in [0.2, 0.25) is 5.02 Å². The number of halogens is 1. The number of carbonyl (C=O) groups excluding carboxylic acids is 1. The fourth-order valence-electron chi connectivity index (χ4n) is 2.33. The summed E-state index contributed by atoms with van der Waals surface area (Å²) in [5.74, 6) is -0.444. The van der Waals surface area contributed by atoms with Gasteiger partial charge in [0.15, 0.2) is 0 Å². The summed E-state index contributed by atoms with van der Waals surface area (Å²) in [4.78, 5) is 12.2. The third-order valence-electron chi connectivity index (χ3n) is 3.31. The predicted molar refractivity (Wildman–Crippen MR) is 88.3 cm³/mol. The fourth-order valence-corrected chi connectivity index (χ4v) is 2.52. The number of aromatic nitrogens is 1. The molecule has 116 valence electrons. The number of carbonyl (C=O) groups is 1. The van der Waals surface area contributed by atoms with E-state index in [2.05, 4.69) is 5.16 Å². The smallest absolute Gasteiger partial charge is 0.377 e. The molecule has 0 atom stereocenters. The van der Waals surface area contributed by atoms with Gasteiger partial charge in [-0.15, -0.1) is 0 Å². The van der Waals surface area contributed by atoms with Crippen LogP contribution in [0.3, 0.4) is 0 Å². The molecule has 0 spiro atoms. The van der Waals surface area contributed by atoms with Gasteiger partial charge in [0.1, 0.15) is 5.69 Å². The van der Waals surface area contributed by atoms with Crippen LogP contribution < -0.4 is 0 Å². The van der Waals surface area contributed by atoms with Crippen LogP contribution >= 0.6 is 11.6 Å². The third-order valence-corrected chi connectivity index (χ3v) is 3.55. The minimum absolute atomic E-state index is 0.0908. The molecule has 1 heterocycles. The SMILES string of the molecule is CCOC(=O)c1onc(-c2cccc(Cl)c2)c1-c1ccccc1. The zero-order chi connectivity index (χ0) is 16.2. The van der Waals surface area contributed by atoms with Gasteiger partial charge in [0.25, 0.3) is 5.76 Å². The van der Waals surface area contributed by atoms with Gasteiger partial charge in [-0.3, -0.25) is 0 Å². The molecule has 0 unspecified atom stereocenters. The van der Waals surface area contributed by atoms with Gasteiger partial charge in [-0.05, 0) is 24.6 Å². The zero-order valence-electron chi connectivity index (χ0n) is 12.5. The van der Waals surface area contributed by atoms with Crippen molar-refractivity contribution >= 4 is 17.6 Å². The summed E-state index contributed by atoms with van der Waals surface area (Å²) in [7, 11) is 0. The average molecular weight is 328 g/mol. The highest BCUT2D eigenvalue weighted by Crippen LogP contribution is 2.35. The molecule has 0 aliphatic rings. The van der Waals surface area contributed by atoms with E-state index < -0.39 is 5.97 Å². The molecule has 4 nitrogen and oxygen atoms in total. The number of esters is 1. The Kier molecular flexibility index (Phi) is 4.44. The maximum absolute atomic E-state index is 12.2. The lowest BCUT2D eigenvalue weighted by atomic mass is 9.99. The van der Waals surface area contributed by atoms with Crippen molar-refractivity contribution in [3.8, 4) is 22.4 Å². The lowest BCUT2D eigenvalue weighted by molar-refractivity contribution is 0.0481. The summed E-state index contributed by atoms with van der Waals surface area (Å²) in [5.41, 5.74) is 2.76. The maximum atomic E-state index is 12.2. The molecule has 3 rings (SSSR count). The minimum Gasteiger partial charge on any atom is -0.460 e. The van der Waals surface area contributed by atoms with Crippen molar-refractivity contribution < 1.29 is 14.1 Å². The van der Waals surface area contributed by atoms with Crippen LogP contribution in [0.5, 0.6) is 0 Å². The summed E-state index contributed by atoms with van der Waals surface area (Å²) in [6.07, 6.45) is 0. The Labute approximate surface area is 138 Å². The Morgan fingerprint density at radius 3 is 2.57 bits per heavy atom. The Morgan fingerprint density at radius 2 is 1.87 bits per heavy atom. The van der Waals surface area contributed by atoms with Crippen LogP contribution in [0.1, 0.15) is 17.5 Å². The van der Waals surface area contributed by atoms with Crippen LogP contribution in [-0.4, -0.2) is 17.7 Å². The lowest BCUT2D eigenvalue weighted by Crippen LogP contribution is -2.04. The second kappa shape index (κ2) is 6.67. The molecule has 1 aromatic heterocycles. The van der Waals surface area contributed by atoms with Gasteiger partial charge in [0, 0.05) is 10.6 Å². The highest BCUT2D eigenvalue weighted by atomic mass is 35.5. The molecule has 23 heavy (non-hydrogen) atoms. The van der Waals surface area contributed by atoms with E-state index in [9.17, 15) is 4.79 Å². The average Bonchev–Trinajstić information content (AvgIpc) is 3.01. The molecule has 3 aromatic rings. The first kappa shape index (κ1) is 15.3. The minimum atomic E-state index is -0.535. The van der Waals surface area contributed by atoms with Crippen molar-refractivity contribution in [2.75, 3.05) is 6.61 Å². The van der Waals surface area contributed by atoms with E-state index in [0.29, 0.717) is 16.3 Å². The highest BCUT2D eigenvalue weighted by molar-refractivity contribution is 6.30. The number of nitrogens with zero attached hydrogens (tertiary/aromatic N) is 1. The molecule has 0 fully saturated rings. The molecule has 0 aliphatic heterocycles. The van der Waals surface area contributed by atoms with Gasteiger partial charge in [-0.2, -0.15) is 0 Å². The molecule has 0 amide bonds. The molecule has 0 N–H and O–H groups in total. The van der Waals surface area contributed by atoms with Crippen molar-refractivity contribution in [2.45, 2.75) is 6.92 Å². The first-order chi connectivity index (χ1) is 11.2. The van der Waals surface area contributed by atoms with Gasteiger partial charge in [-0.1, -0.05) is 59.2 Å². The summed E-state index contributed by atoms with van der Waals surface area (Å²) in [6, 6.07) is 16.7. The van der Waals surface area contributed by atoms with E-state index in [1.54, 1.807) is 19.1 Å². The molecule has 0 saturated heterocycles. The highest BCUT2D eigenvalue weighted by Gasteiger charge is 2.25. The number of hydrogen-bond donors (Lipinski definition) is 0. The van der Waals surface area contributed by atoms with Crippen LogP contribution in [0.15, 0.2) is 59.1 Å². The summed E-state index contributed by atoms with van der Waals surface area (Å²) >= 11 is 6.06. The van der Waals surface area contributed by atoms with Crippen molar-refractivity contribution in [3.05, 3.63) is 65.4 Å². The van der Waals surface area contributed by atoms with Crippen molar-refractivity contribution in [3.63, 3.8) is 0 Å². The van der Waals surface area contributed by atoms with Gasteiger partial charge in [0.05, 0.1) is 12.2 Å². The van der Waals surface area contributed by atoms with Gasteiger partial charge < -0.3 is 9.26 Å². The topological polar surface area (TPSA) is 52.3 Å². The lowest BCUT2D eigenvalue weighted by Gasteiger charge is -2.05. The van der Waals surface area contributed by atoms with E-state index in [0.717, 1.165) is 11.1 Å².